The van der Waals surface area contributed by atoms with E-state index in [1.54, 1.807) is 6.08 Å². The Bertz CT molecular complexity index is 1440. The number of nitrogens with one attached hydrogen (secondary N) is 2. The summed E-state index contributed by atoms with van der Waals surface area (Å²) >= 11 is 0. The maximum atomic E-state index is 6.08. The summed E-state index contributed by atoms with van der Waals surface area (Å²) in [5, 5.41) is 18.7. The molecule has 0 bridgehead atoms. The highest BCUT2D eigenvalue weighted by Gasteiger charge is 2.28. The van der Waals surface area contributed by atoms with E-state index in [9.17, 15) is 0 Å². The number of hydrogen-bond donors (Lipinski definition) is 3. The average Bonchev–Trinajstić information content (AvgIpc) is 3.39. The molecule has 3 atom stereocenters. The van der Waals surface area contributed by atoms with Crippen LogP contribution in [0.4, 0.5) is 17.6 Å². The summed E-state index contributed by atoms with van der Waals surface area (Å²) in [4.78, 5) is 16.5. The van der Waals surface area contributed by atoms with Gasteiger partial charge in [-0.15, -0.1) is 5.10 Å². The number of nitrogens with zero attached hydrogens (tertiary/aromatic N) is 7. The number of tetrazole rings is 1. The SMILES string of the molecule is CCC(Nc1nc(N)nc(C)c1/C=C/c1nnn[nH]1)c1cc2cccc(C)c2nc1N1C[C@@H](C)O[C@@H](C)C1. The molecule has 0 aliphatic carbocycles. The molecule has 0 saturated carbocycles. The third-order valence-electron chi connectivity index (χ3n) is 6.79. The minimum absolute atomic E-state index is 0.0799. The first-order valence-electron chi connectivity index (χ1n) is 13.0. The summed E-state index contributed by atoms with van der Waals surface area (Å²) in [6.07, 6.45) is 4.71. The summed E-state index contributed by atoms with van der Waals surface area (Å²) in [6, 6.07) is 8.47. The summed E-state index contributed by atoms with van der Waals surface area (Å²) in [7, 11) is 0. The second-order valence-corrected chi connectivity index (χ2v) is 9.86. The van der Waals surface area contributed by atoms with E-state index in [2.05, 4.69) is 92.8 Å². The summed E-state index contributed by atoms with van der Waals surface area (Å²) in [5.41, 5.74) is 10.9. The van der Waals surface area contributed by atoms with Crippen LogP contribution in [0.3, 0.4) is 0 Å². The number of nitrogen functional groups attached to an aromatic ring is 1. The number of rotatable bonds is 7. The molecule has 11 heteroatoms. The van der Waals surface area contributed by atoms with Crippen LogP contribution in [0.5, 0.6) is 0 Å². The minimum Gasteiger partial charge on any atom is -0.372 e. The van der Waals surface area contributed by atoms with Crippen molar-refractivity contribution in [2.24, 2.45) is 0 Å². The molecule has 1 fully saturated rings. The van der Waals surface area contributed by atoms with Crippen molar-refractivity contribution in [1.29, 1.82) is 0 Å². The van der Waals surface area contributed by atoms with E-state index in [-0.39, 0.29) is 24.2 Å². The number of aromatic nitrogens is 7. The molecule has 0 spiro atoms. The molecule has 0 radical (unpaired) electrons. The average molecular weight is 515 g/mol. The zero-order valence-electron chi connectivity index (χ0n) is 22.4. The van der Waals surface area contributed by atoms with Crippen LogP contribution in [0.1, 0.15) is 61.4 Å². The quantitative estimate of drug-likeness (QED) is 0.330. The number of para-hydroxylation sites is 1. The van der Waals surface area contributed by atoms with Crippen LogP contribution in [0, 0.1) is 13.8 Å². The van der Waals surface area contributed by atoms with Crippen LogP contribution in [0.2, 0.25) is 0 Å². The number of fused-ring (bicyclic) bond motifs is 1. The number of pyridine rings is 1. The zero-order valence-corrected chi connectivity index (χ0v) is 22.4. The molecule has 5 rings (SSSR count). The first-order valence-corrected chi connectivity index (χ1v) is 13.0. The van der Waals surface area contributed by atoms with Crippen molar-refractivity contribution in [3.05, 3.63) is 52.5 Å². The molecular formula is C27H34N10O. The van der Waals surface area contributed by atoms with Crippen molar-refractivity contribution in [2.45, 2.75) is 59.3 Å². The molecule has 1 unspecified atom stereocenters. The molecule has 3 aromatic heterocycles. The maximum Gasteiger partial charge on any atom is 0.222 e. The fourth-order valence-electron chi connectivity index (χ4n) is 5.09. The van der Waals surface area contributed by atoms with Crippen molar-refractivity contribution in [3.8, 4) is 0 Å². The van der Waals surface area contributed by atoms with Gasteiger partial charge in [0.05, 0.1) is 29.5 Å². The Hall–Kier alpha value is -4.12. The van der Waals surface area contributed by atoms with E-state index >= 15 is 0 Å². The number of nitrogens with two attached hydrogens (primary N) is 1. The van der Waals surface area contributed by atoms with Crippen molar-refractivity contribution in [3.63, 3.8) is 0 Å². The summed E-state index contributed by atoms with van der Waals surface area (Å²) < 4.78 is 6.03. The van der Waals surface area contributed by atoms with Crippen molar-refractivity contribution < 1.29 is 4.74 Å². The predicted octanol–water partition coefficient (Wildman–Crippen LogP) is 4.08. The van der Waals surface area contributed by atoms with Gasteiger partial charge in [0.15, 0.2) is 5.82 Å². The highest BCUT2D eigenvalue weighted by molar-refractivity contribution is 5.85. The maximum absolute atomic E-state index is 6.08. The van der Waals surface area contributed by atoms with Gasteiger partial charge in [0.1, 0.15) is 11.6 Å². The van der Waals surface area contributed by atoms with Gasteiger partial charge >= 0.3 is 0 Å². The molecule has 0 amide bonds. The van der Waals surface area contributed by atoms with E-state index in [4.69, 9.17) is 15.5 Å². The van der Waals surface area contributed by atoms with Crippen LogP contribution < -0.4 is 16.0 Å². The van der Waals surface area contributed by atoms with Gasteiger partial charge in [-0.3, -0.25) is 0 Å². The molecule has 4 heterocycles. The van der Waals surface area contributed by atoms with Crippen LogP contribution in [0.15, 0.2) is 24.3 Å². The van der Waals surface area contributed by atoms with Gasteiger partial charge < -0.3 is 20.7 Å². The monoisotopic (exact) mass is 514 g/mol. The lowest BCUT2D eigenvalue weighted by Gasteiger charge is -2.38. The van der Waals surface area contributed by atoms with E-state index < -0.39 is 0 Å². The van der Waals surface area contributed by atoms with Crippen LogP contribution in [0.25, 0.3) is 23.1 Å². The largest absolute Gasteiger partial charge is 0.372 e. The van der Waals surface area contributed by atoms with Gasteiger partial charge in [-0.1, -0.05) is 25.1 Å². The standard InChI is InChI=1S/C27H34N10O/c1-6-22(30-25-20(18(5)29-27(28)32-25)10-11-23-33-35-36-34-23)21-12-19-9-7-8-15(2)24(19)31-26(21)37-13-16(3)38-17(4)14-37/h7-12,16-17,22H,6,13-14H2,1-5H3,(H3,28,29,30,32)(H,33,34,35,36)/b11-10+/t16-,17+,22?. The number of aromatic amines is 1. The van der Waals surface area contributed by atoms with Gasteiger partial charge in [0.2, 0.25) is 5.95 Å². The Labute approximate surface area is 221 Å². The smallest absolute Gasteiger partial charge is 0.222 e. The Morgan fingerprint density at radius 2 is 1.95 bits per heavy atom. The molecule has 11 nitrogen and oxygen atoms in total. The normalized spacial score (nSPS) is 18.8. The zero-order chi connectivity index (χ0) is 26.8. The fraction of sp³-hybridized carbons (Fsp3) is 0.407. The number of ether oxygens (including phenoxy) is 1. The third-order valence-corrected chi connectivity index (χ3v) is 6.79. The topological polar surface area (TPSA) is 144 Å². The van der Waals surface area contributed by atoms with E-state index in [1.807, 2.05) is 13.0 Å². The minimum atomic E-state index is -0.0799. The van der Waals surface area contributed by atoms with Gasteiger partial charge in [-0.2, -0.15) is 4.98 Å². The third kappa shape index (κ3) is 5.28. The van der Waals surface area contributed by atoms with Gasteiger partial charge in [-0.05, 0) is 68.3 Å². The molecule has 1 aromatic carbocycles. The van der Waals surface area contributed by atoms with Crippen molar-refractivity contribution in [1.82, 2.24) is 35.6 Å². The van der Waals surface area contributed by atoms with Crippen LogP contribution in [-0.2, 0) is 4.74 Å². The van der Waals surface area contributed by atoms with Gasteiger partial charge in [0, 0.05) is 29.6 Å². The summed E-state index contributed by atoms with van der Waals surface area (Å²) in [5.74, 6) is 2.36. The number of hydrogen-bond acceptors (Lipinski definition) is 10. The Kier molecular flexibility index (Phi) is 7.19. The molecule has 198 valence electrons. The number of benzene rings is 1. The van der Waals surface area contributed by atoms with E-state index in [1.165, 1.54) is 0 Å². The van der Waals surface area contributed by atoms with Gasteiger partial charge in [-0.25, -0.2) is 15.1 Å². The molecule has 1 aliphatic rings. The molecule has 1 aliphatic heterocycles. The van der Waals surface area contributed by atoms with Gasteiger partial charge in [0.25, 0.3) is 0 Å². The van der Waals surface area contributed by atoms with E-state index in [0.29, 0.717) is 11.6 Å². The van der Waals surface area contributed by atoms with Crippen molar-refractivity contribution >= 4 is 40.6 Å². The second kappa shape index (κ2) is 10.7. The number of anilines is 3. The van der Waals surface area contributed by atoms with Crippen molar-refractivity contribution in [2.75, 3.05) is 29.0 Å². The number of aryl methyl sites for hydroxylation is 2. The Morgan fingerprint density at radius 1 is 1.16 bits per heavy atom. The summed E-state index contributed by atoms with van der Waals surface area (Å²) in [6.45, 7) is 11.9. The van der Waals surface area contributed by atoms with Crippen LogP contribution in [-0.4, -0.2) is 60.9 Å². The molecule has 1 saturated heterocycles. The Balaban J connectivity index is 1.59. The lowest BCUT2D eigenvalue weighted by molar-refractivity contribution is -0.00550. The molecule has 4 N–H and O–H groups in total. The lowest BCUT2D eigenvalue weighted by Crippen LogP contribution is -2.46. The van der Waals surface area contributed by atoms with Crippen LogP contribution >= 0.6 is 0 Å². The number of H-pyrrole nitrogens is 1. The predicted molar refractivity (Wildman–Crippen MR) is 150 cm³/mol. The highest BCUT2D eigenvalue weighted by Crippen LogP contribution is 2.35. The second-order valence-electron chi connectivity index (χ2n) is 9.86. The number of morpholine rings is 1. The molecule has 4 aromatic rings. The first kappa shape index (κ1) is 25.5. The fourth-order valence-corrected chi connectivity index (χ4v) is 5.09. The highest BCUT2D eigenvalue weighted by atomic mass is 16.5. The molecule has 38 heavy (non-hydrogen) atoms. The lowest BCUT2D eigenvalue weighted by atomic mass is 10.00. The first-order chi connectivity index (χ1) is 18.3. The Morgan fingerprint density at radius 3 is 2.66 bits per heavy atom. The van der Waals surface area contributed by atoms with E-state index in [0.717, 1.165) is 58.6 Å². The molecular weight excluding hydrogens is 480 g/mol.